The van der Waals surface area contributed by atoms with Gasteiger partial charge in [0.25, 0.3) is 0 Å². The molecule has 1 aromatic rings. The fraction of sp³-hybridized carbons (Fsp3) is 0.300. The molecule has 0 amide bonds. The Kier molecular flexibility index (Phi) is 4.34. The molecule has 0 N–H and O–H groups in total. The lowest BCUT2D eigenvalue weighted by atomic mass is 10.2. The smallest absolute Gasteiger partial charge is 0.407 e. The molecule has 0 aliphatic heterocycles. The van der Waals surface area contributed by atoms with Crippen LogP contribution in [0.5, 0.6) is 5.75 Å². The lowest BCUT2D eigenvalue weighted by Crippen LogP contribution is -2.27. The number of alkyl halides is 3. The van der Waals surface area contributed by atoms with Gasteiger partial charge >= 0.3 is 6.18 Å². The van der Waals surface area contributed by atoms with E-state index in [-0.39, 0.29) is 10.2 Å². The second-order valence-corrected chi connectivity index (χ2v) is 3.96. The summed E-state index contributed by atoms with van der Waals surface area (Å²) in [4.78, 5) is 0. The molecule has 0 fully saturated rings. The molecule has 1 rings (SSSR count). The topological polar surface area (TPSA) is 33.0 Å². The predicted molar refractivity (Wildman–Crippen MR) is 54.8 cm³/mol. The van der Waals surface area contributed by atoms with Gasteiger partial charge in [-0.1, -0.05) is 0 Å². The van der Waals surface area contributed by atoms with Crippen molar-refractivity contribution in [3.63, 3.8) is 0 Å². The molecule has 0 heterocycles. The summed E-state index contributed by atoms with van der Waals surface area (Å²) in [5.74, 6) is -2.70. The van der Waals surface area contributed by atoms with Crippen LogP contribution < -0.4 is 4.74 Å². The first kappa shape index (κ1) is 13.8. The van der Waals surface area contributed by atoms with Gasteiger partial charge in [0.1, 0.15) is 18.2 Å². The number of hydrogen-bond acceptors (Lipinski definition) is 2. The maximum Gasteiger partial charge on any atom is 0.407 e. The third-order valence-electron chi connectivity index (χ3n) is 1.85. The molecule has 0 aliphatic rings. The Morgan fingerprint density at radius 2 is 2.06 bits per heavy atom. The molecule has 17 heavy (non-hydrogen) atoms. The quantitative estimate of drug-likeness (QED) is 0.798. The molecule has 0 bridgehead atoms. The second kappa shape index (κ2) is 5.36. The van der Waals surface area contributed by atoms with Crippen LogP contribution in [0.4, 0.5) is 17.6 Å². The fourth-order valence-corrected chi connectivity index (χ4v) is 1.44. The van der Waals surface area contributed by atoms with E-state index in [1.54, 1.807) is 0 Å². The van der Waals surface area contributed by atoms with Gasteiger partial charge in [0.05, 0.1) is 10.5 Å². The lowest BCUT2D eigenvalue weighted by molar-refractivity contribution is -0.165. The van der Waals surface area contributed by atoms with Crippen LogP contribution in [0.1, 0.15) is 0 Å². The fourth-order valence-electron chi connectivity index (χ4n) is 0.970. The van der Waals surface area contributed by atoms with E-state index in [4.69, 9.17) is 10.00 Å². The van der Waals surface area contributed by atoms with Gasteiger partial charge in [0.2, 0.25) is 0 Å². The van der Waals surface area contributed by atoms with Crippen LogP contribution in [0.25, 0.3) is 0 Å². The number of halogens is 5. The van der Waals surface area contributed by atoms with E-state index in [1.807, 2.05) is 0 Å². The van der Waals surface area contributed by atoms with Crippen molar-refractivity contribution in [2.75, 3.05) is 6.61 Å². The maximum absolute atomic E-state index is 12.7. The van der Waals surface area contributed by atoms with Crippen LogP contribution in [0, 0.1) is 23.1 Å². The van der Waals surface area contributed by atoms with Crippen LogP contribution >= 0.6 is 15.9 Å². The van der Waals surface area contributed by atoms with Gasteiger partial charge in [-0.2, -0.15) is 18.4 Å². The number of ether oxygens (including phenoxy) is 1. The molecule has 1 unspecified atom stereocenters. The molecule has 0 spiro atoms. The third-order valence-corrected chi connectivity index (χ3v) is 2.47. The summed E-state index contributed by atoms with van der Waals surface area (Å²) < 4.78 is 54.3. The average molecular weight is 312 g/mol. The Morgan fingerprint density at radius 3 is 2.53 bits per heavy atom. The van der Waals surface area contributed by atoms with Crippen molar-refractivity contribution < 1.29 is 22.3 Å². The van der Waals surface area contributed by atoms with E-state index in [1.165, 1.54) is 6.07 Å². The van der Waals surface area contributed by atoms with Gasteiger partial charge in [0.15, 0.2) is 5.92 Å². The highest BCUT2D eigenvalue weighted by Gasteiger charge is 2.40. The number of benzene rings is 1. The summed E-state index contributed by atoms with van der Waals surface area (Å²) in [6, 6.07) is 4.40. The number of nitriles is 1. The molecule has 92 valence electrons. The monoisotopic (exact) mass is 311 g/mol. The molecule has 1 aromatic carbocycles. The molecule has 7 heteroatoms. The summed E-state index contributed by atoms with van der Waals surface area (Å²) in [6.07, 6.45) is -4.64. The summed E-state index contributed by atoms with van der Waals surface area (Å²) in [6.45, 7) is -0.829. The zero-order valence-electron chi connectivity index (χ0n) is 8.26. The van der Waals surface area contributed by atoms with E-state index < -0.39 is 24.5 Å². The maximum atomic E-state index is 12.7. The number of hydrogen-bond donors (Lipinski definition) is 0. The minimum Gasteiger partial charge on any atom is -0.491 e. The zero-order chi connectivity index (χ0) is 13.1. The number of nitrogens with zero attached hydrogens (tertiary/aromatic N) is 1. The normalized spacial score (nSPS) is 12.9. The molecule has 0 radical (unpaired) electrons. The summed E-state index contributed by atoms with van der Waals surface area (Å²) in [5.41, 5.74) is 0. The van der Waals surface area contributed by atoms with Gasteiger partial charge in [0, 0.05) is 0 Å². The van der Waals surface area contributed by atoms with Crippen LogP contribution in [-0.4, -0.2) is 12.8 Å². The van der Waals surface area contributed by atoms with Crippen molar-refractivity contribution in [2.45, 2.75) is 6.18 Å². The highest BCUT2D eigenvalue weighted by molar-refractivity contribution is 9.10. The molecule has 0 saturated heterocycles. The van der Waals surface area contributed by atoms with E-state index in [0.29, 0.717) is 0 Å². The minimum absolute atomic E-state index is 0.0518. The molecule has 1 atom stereocenters. The Morgan fingerprint density at radius 1 is 1.41 bits per heavy atom. The van der Waals surface area contributed by atoms with Gasteiger partial charge in [-0.15, -0.1) is 0 Å². The van der Waals surface area contributed by atoms with Crippen molar-refractivity contribution in [1.29, 1.82) is 5.26 Å². The Balaban J connectivity index is 2.71. The van der Waals surface area contributed by atoms with Crippen LogP contribution in [0.3, 0.4) is 0 Å². The third kappa shape index (κ3) is 3.89. The first-order valence-corrected chi connectivity index (χ1v) is 5.18. The van der Waals surface area contributed by atoms with Crippen LogP contribution in [0.2, 0.25) is 0 Å². The van der Waals surface area contributed by atoms with Gasteiger partial charge in [-0.05, 0) is 34.1 Å². The number of rotatable bonds is 3. The van der Waals surface area contributed by atoms with Crippen LogP contribution in [-0.2, 0) is 0 Å². The van der Waals surface area contributed by atoms with Gasteiger partial charge in [-0.25, -0.2) is 4.39 Å². The summed E-state index contributed by atoms with van der Waals surface area (Å²) in [5, 5.41) is 8.33. The van der Waals surface area contributed by atoms with E-state index in [2.05, 4.69) is 15.9 Å². The Bertz CT molecular complexity index is 441. The molecular weight excluding hydrogens is 306 g/mol. The molecule has 0 saturated carbocycles. The molecule has 2 nitrogen and oxygen atoms in total. The molecule has 0 aliphatic carbocycles. The highest BCUT2D eigenvalue weighted by Crippen LogP contribution is 2.29. The predicted octanol–water partition coefficient (Wildman–Crippen LogP) is 3.67. The average Bonchev–Trinajstić information content (AvgIpc) is 2.19. The van der Waals surface area contributed by atoms with Crippen molar-refractivity contribution >= 4 is 15.9 Å². The van der Waals surface area contributed by atoms with Crippen molar-refractivity contribution in [3.8, 4) is 11.8 Å². The first-order chi connectivity index (χ1) is 7.84. The van der Waals surface area contributed by atoms with Crippen LogP contribution in [0.15, 0.2) is 22.7 Å². The Hall–Kier alpha value is -1.29. The lowest BCUT2D eigenvalue weighted by Gasteiger charge is -2.14. The van der Waals surface area contributed by atoms with Crippen molar-refractivity contribution in [3.05, 3.63) is 28.5 Å². The van der Waals surface area contributed by atoms with Crippen molar-refractivity contribution in [2.24, 2.45) is 5.92 Å². The molecule has 0 aromatic heterocycles. The minimum atomic E-state index is -4.64. The van der Waals surface area contributed by atoms with Gasteiger partial charge < -0.3 is 4.74 Å². The van der Waals surface area contributed by atoms with E-state index in [9.17, 15) is 17.6 Å². The first-order valence-electron chi connectivity index (χ1n) is 4.38. The van der Waals surface area contributed by atoms with E-state index >= 15 is 0 Å². The summed E-state index contributed by atoms with van der Waals surface area (Å²) in [7, 11) is 0. The van der Waals surface area contributed by atoms with Crippen molar-refractivity contribution in [1.82, 2.24) is 0 Å². The Labute approximate surface area is 103 Å². The summed E-state index contributed by atoms with van der Waals surface area (Å²) >= 11 is 2.94. The highest BCUT2D eigenvalue weighted by atomic mass is 79.9. The SMILES string of the molecule is N#CC(COc1ccc(F)cc1Br)C(F)(F)F. The molecular formula is C10H6BrF4NO. The second-order valence-electron chi connectivity index (χ2n) is 3.11. The zero-order valence-corrected chi connectivity index (χ0v) is 9.85. The van der Waals surface area contributed by atoms with Gasteiger partial charge in [-0.3, -0.25) is 0 Å². The standard InChI is InChI=1S/C10H6BrF4NO/c11-8-3-7(12)1-2-9(8)17-5-6(4-16)10(13,14)15/h1-3,6H,5H2. The van der Waals surface area contributed by atoms with E-state index in [0.717, 1.165) is 18.2 Å². The largest absolute Gasteiger partial charge is 0.491 e.